The number of hydrogen-bond acceptors (Lipinski definition) is 4. The predicted octanol–water partition coefficient (Wildman–Crippen LogP) is 2.47. The van der Waals surface area contributed by atoms with Crippen LogP contribution in [-0.4, -0.2) is 32.7 Å². The Morgan fingerprint density at radius 3 is 2.84 bits per heavy atom. The summed E-state index contributed by atoms with van der Waals surface area (Å²) in [6.07, 6.45) is 1.79. The molecule has 0 aromatic carbocycles. The fraction of sp³-hybridized carbons (Fsp3) is 0.571. The first-order chi connectivity index (χ1) is 8.76. The van der Waals surface area contributed by atoms with Crippen LogP contribution in [-0.2, 0) is 17.7 Å². The van der Waals surface area contributed by atoms with Gasteiger partial charge in [-0.1, -0.05) is 0 Å². The number of aromatic hydroxyl groups is 1. The molecule has 0 radical (unpaired) electrons. The van der Waals surface area contributed by atoms with Gasteiger partial charge in [-0.05, 0) is 39.3 Å². The normalized spacial score (nSPS) is 18.9. The number of aromatic nitrogens is 1. The molecule has 0 spiro atoms. The number of carbonyl (C=O) groups excluding carboxylic acids is 1. The molecule has 1 unspecified atom stereocenters. The lowest BCUT2D eigenvalue weighted by Gasteiger charge is -2.35. The van der Waals surface area contributed by atoms with Crippen molar-refractivity contribution in [1.82, 2.24) is 9.88 Å². The third-order valence-corrected chi connectivity index (χ3v) is 3.03. The summed E-state index contributed by atoms with van der Waals surface area (Å²) in [5.74, 6) is 0.123. The molecular weight excluding hydrogens is 244 g/mol. The monoisotopic (exact) mass is 264 g/mol. The van der Waals surface area contributed by atoms with Crippen LogP contribution in [0.4, 0.5) is 4.79 Å². The molecule has 0 saturated heterocycles. The fourth-order valence-electron chi connectivity index (χ4n) is 2.14. The number of nitrogens with zero attached hydrogens (tertiary/aromatic N) is 2. The van der Waals surface area contributed by atoms with E-state index in [1.807, 2.05) is 27.7 Å². The van der Waals surface area contributed by atoms with Crippen molar-refractivity contribution < 1.29 is 14.6 Å². The summed E-state index contributed by atoms with van der Waals surface area (Å²) < 4.78 is 5.40. The van der Waals surface area contributed by atoms with Crippen molar-refractivity contribution in [1.29, 1.82) is 0 Å². The van der Waals surface area contributed by atoms with Gasteiger partial charge < -0.3 is 14.7 Å². The third kappa shape index (κ3) is 3.16. The van der Waals surface area contributed by atoms with Crippen LogP contribution in [0.15, 0.2) is 12.3 Å². The standard InChI is InChI=1S/C14H20N2O3/c1-9-5-12-10(6-11(17)7-15-12)8-16(9)13(18)19-14(2,3)4/h6-7,9,17H,5,8H2,1-4H3. The number of hydrogen-bond donors (Lipinski definition) is 1. The van der Waals surface area contributed by atoms with Crippen LogP contribution in [0.3, 0.4) is 0 Å². The predicted molar refractivity (Wildman–Crippen MR) is 70.8 cm³/mol. The number of amides is 1. The first-order valence-corrected chi connectivity index (χ1v) is 6.42. The smallest absolute Gasteiger partial charge is 0.410 e. The van der Waals surface area contributed by atoms with Gasteiger partial charge in [0.2, 0.25) is 0 Å². The van der Waals surface area contributed by atoms with E-state index in [1.165, 1.54) is 6.20 Å². The summed E-state index contributed by atoms with van der Waals surface area (Å²) in [5.41, 5.74) is 1.31. The maximum Gasteiger partial charge on any atom is 0.410 e. The zero-order valence-corrected chi connectivity index (χ0v) is 11.8. The molecule has 1 aliphatic heterocycles. The van der Waals surface area contributed by atoms with Crippen molar-refractivity contribution in [2.24, 2.45) is 0 Å². The summed E-state index contributed by atoms with van der Waals surface area (Å²) in [5, 5.41) is 9.47. The Morgan fingerprint density at radius 2 is 2.21 bits per heavy atom. The van der Waals surface area contributed by atoms with Crippen molar-refractivity contribution >= 4 is 6.09 Å². The highest BCUT2D eigenvalue weighted by atomic mass is 16.6. The second-order valence-corrected chi connectivity index (χ2v) is 5.96. The minimum atomic E-state index is -0.506. The zero-order chi connectivity index (χ0) is 14.2. The summed E-state index contributed by atoms with van der Waals surface area (Å²) >= 11 is 0. The minimum absolute atomic E-state index is 0.0411. The van der Waals surface area contributed by atoms with Crippen molar-refractivity contribution in [2.45, 2.75) is 52.3 Å². The maximum atomic E-state index is 12.1. The van der Waals surface area contributed by atoms with Crippen molar-refractivity contribution in [2.75, 3.05) is 0 Å². The van der Waals surface area contributed by atoms with Gasteiger partial charge in [-0.25, -0.2) is 4.79 Å². The molecule has 1 atom stereocenters. The Labute approximate surface area is 113 Å². The van der Waals surface area contributed by atoms with Gasteiger partial charge in [-0.2, -0.15) is 0 Å². The van der Waals surface area contributed by atoms with E-state index in [0.29, 0.717) is 13.0 Å². The molecular formula is C14H20N2O3. The molecule has 1 amide bonds. The second kappa shape index (κ2) is 4.72. The average molecular weight is 264 g/mol. The molecule has 5 nitrogen and oxygen atoms in total. The number of pyridine rings is 1. The van der Waals surface area contributed by atoms with E-state index in [0.717, 1.165) is 11.3 Å². The molecule has 5 heteroatoms. The Morgan fingerprint density at radius 1 is 1.53 bits per heavy atom. The minimum Gasteiger partial charge on any atom is -0.506 e. The van der Waals surface area contributed by atoms with E-state index in [9.17, 15) is 9.90 Å². The van der Waals surface area contributed by atoms with Crippen LogP contribution in [0.25, 0.3) is 0 Å². The number of rotatable bonds is 0. The van der Waals surface area contributed by atoms with Gasteiger partial charge in [0.1, 0.15) is 11.4 Å². The highest BCUT2D eigenvalue weighted by Crippen LogP contribution is 2.25. The highest BCUT2D eigenvalue weighted by molar-refractivity contribution is 5.69. The Kier molecular flexibility index (Phi) is 3.39. The van der Waals surface area contributed by atoms with E-state index in [2.05, 4.69) is 4.98 Å². The summed E-state index contributed by atoms with van der Waals surface area (Å²) in [6, 6.07) is 1.70. The lowest BCUT2D eigenvalue weighted by molar-refractivity contribution is 0.0136. The Balaban J connectivity index is 2.19. The molecule has 0 bridgehead atoms. The van der Waals surface area contributed by atoms with Gasteiger partial charge in [-0.15, -0.1) is 0 Å². The van der Waals surface area contributed by atoms with Crippen molar-refractivity contribution in [3.8, 4) is 5.75 Å². The molecule has 0 fully saturated rings. The molecule has 0 saturated carbocycles. The topological polar surface area (TPSA) is 62.7 Å². The Bertz CT molecular complexity index is 494. The van der Waals surface area contributed by atoms with E-state index in [-0.39, 0.29) is 17.9 Å². The summed E-state index contributed by atoms with van der Waals surface area (Å²) in [4.78, 5) is 18.0. The lowest BCUT2D eigenvalue weighted by atomic mass is 10.00. The number of fused-ring (bicyclic) bond motifs is 1. The SMILES string of the molecule is CC1Cc2ncc(O)cc2CN1C(=O)OC(C)(C)C. The molecule has 1 aromatic heterocycles. The largest absolute Gasteiger partial charge is 0.506 e. The average Bonchev–Trinajstić information content (AvgIpc) is 2.26. The highest BCUT2D eigenvalue weighted by Gasteiger charge is 2.31. The van der Waals surface area contributed by atoms with Crippen LogP contribution in [0.5, 0.6) is 5.75 Å². The van der Waals surface area contributed by atoms with Crippen LogP contribution in [0, 0.1) is 0 Å². The van der Waals surface area contributed by atoms with Crippen LogP contribution >= 0.6 is 0 Å². The van der Waals surface area contributed by atoms with Gasteiger partial charge >= 0.3 is 6.09 Å². The van der Waals surface area contributed by atoms with Crippen molar-refractivity contribution in [3.05, 3.63) is 23.5 Å². The van der Waals surface area contributed by atoms with Gasteiger partial charge in [0.05, 0.1) is 12.7 Å². The van der Waals surface area contributed by atoms with Gasteiger partial charge in [0.15, 0.2) is 0 Å². The van der Waals surface area contributed by atoms with Crippen LogP contribution < -0.4 is 0 Å². The molecule has 104 valence electrons. The van der Waals surface area contributed by atoms with Crippen LogP contribution in [0.1, 0.15) is 39.0 Å². The van der Waals surface area contributed by atoms with Gasteiger partial charge in [-0.3, -0.25) is 4.98 Å². The fourth-order valence-corrected chi connectivity index (χ4v) is 2.14. The van der Waals surface area contributed by atoms with E-state index < -0.39 is 5.60 Å². The quantitative estimate of drug-likeness (QED) is 0.782. The van der Waals surface area contributed by atoms with Gasteiger partial charge in [0.25, 0.3) is 0 Å². The first-order valence-electron chi connectivity index (χ1n) is 6.42. The molecule has 1 aromatic rings. The zero-order valence-electron chi connectivity index (χ0n) is 11.8. The summed E-state index contributed by atoms with van der Waals surface area (Å²) in [7, 11) is 0. The van der Waals surface area contributed by atoms with Gasteiger partial charge in [0, 0.05) is 18.2 Å². The lowest BCUT2D eigenvalue weighted by Crippen LogP contribution is -2.45. The summed E-state index contributed by atoms with van der Waals surface area (Å²) in [6.45, 7) is 7.94. The van der Waals surface area contributed by atoms with E-state index >= 15 is 0 Å². The molecule has 1 aliphatic rings. The number of carbonyl (C=O) groups is 1. The molecule has 19 heavy (non-hydrogen) atoms. The molecule has 0 aliphatic carbocycles. The van der Waals surface area contributed by atoms with E-state index in [1.54, 1.807) is 11.0 Å². The maximum absolute atomic E-state index is 12.1. The van der Waals surface area contributed by atoms with E-state index in [4.69, 9.17) is 4.74 Å². The van der Waals surface area contributed by atoms with Crippen molar-refractivity contribution in [3.63, 3.8) is 0 Å². The Hall–Kier alpha value is -1.78. The van der Waals surface area contributed by atoms with Crippen LogP contribution in [0.2, 0.25) is 0 Å². The third-order valence-electron chi connectivity index (χ3n) is 3.03. The second-order valence-electron chi connectivity index (χ2n) is 5.96. The first kappa shape index (κ1) is 13.6. The molecule has 1 N–H and O–H groups in total. The molecule has 2 rings (SSSR count). The molecule has 2 heterocycles. The number of ether oxygens (including phenoxy) is 1.